The van der Waals surface area contributed by atoms with Crippen LogP contribution in [0.4, 0.5) is 0 Å². The molecule has 3 fully saturated rings. The summed E-state index contributed by atoms with van der Waals surface area (Å²) in [6, 6.07) is 0.847. The van der Waals surface area contributed by atoms with Gasteiger partial charge in [0.15, 0.2) is 0 Å². The monoisotopic (exact) mass is 280 g/mol. The maximum absolute atomic E-state index is 11.5. The predicted octanol–water partition coefficient (Wildman–Crippen LogP) is 1.54. The Morgan fingerprint density at radius 1 is 1.05 bits per heavy atom. The summed E-state index contributed by atoms with van der Waals surface area (Å²) in [7, 11) is 0. The third kappa shape index (κ3) is 3.23. The first-order valence-corrected chi connectivity index (χ1v) is 8.32. The number of piperazine rings is 1. The van der Waals surface area contributed by atoms with Gasteiger partial charge in [0, 0.05) is 57.4 Å². The average molecular weight is 280 g/mol. The highest BCUT2D eigenvalue weighted by molar-refractivity contribution is 5.60. The van der Waals surface area contributed by atoms with E-state index in [0.717, 1.165) is 51.7 Å². The molecule has 0 bridgehead atoms. The topological polar surface area (TPSA) is 32.8 Å². The summed E-state index contributed by atoms with van der Waals surface area (Å²) in [4.78, 5) is 16.7. The molecular formula is C16H28N2O2. The van der Waals surface area contributed by atoms with Gasteiger partial charge in [-0.25, -0.2) is 0 Å². The molecule has 1 aliphatic carbocycles. The highest BCUT2D eigenvalue weighted by atomic mass is 16.5. The van der Waals surface area contributed by atoms with Gasteiger partial charge in [-0.2, -0.15) is 0 Å². The van der Waals surface area contributed by atoms with E-state index in [0.29, 0.717) is 0 Å². The second-order valence-electron chi connectivity index (χ2n) is 6.84. The fourth-order valence-corrected chi connectivity index (χ4v) is 4.09. The summed E-state index contributed by atoms with van der Waals surface area (Å²) in [5, 5.41) is 0. The number of hydrogen-bond acceptors (Lipinski definition) is 4. The minimum atomic E-state index is -0.131. The van der Waals surface area contributed by atoms with Crippen LogP contribution in [0.15, 0.2) is 0 Å². The fourth-order valence-electron chi connectivity index (χ4n) is 4.09. The quantitative estimate of drug-likeness (QED) is 0.731. The summed E-state index contributed by atoms with van der Waals surface area (Å²) in [5.41, 5.74) is -0.131. The molecular weight excluding hydrogens is 252 g/mol. The molecule has 3 aliphatic rings. The largest absolute Gasteiger partial charge is 0.381 e. The van der Waals surface area contributed by atoms with Crippen LogP contribution in [0.5, 0.6) is 0 Å². The number of aldehydes is 1. The zero-order chi connectivity index (χ0) is 13.8. The summed E-state index contributed by atoms with van der Waals surface area (Å²) >= 11 is 0. The standard InChI is InChI=1S/C16H28N2O2/c19-14-16(5-11-20-12-6-16)13-17-7-9-18(10-8-17)15-3-1-2-4-15/h14-15H,1-13H2. The fraction of sp³-hybridized carbons (Fsp3) is 0.938. The minimum Gasteiger partial charge on any atom is -0.381 e. The van der Waals surface area contributed by atoms with Crippen molar-refractivity contribution in [1.82, 2.24) is 9.80 Å². The third-order valence-corrected chi connectivity index (χ3v) is 5.53. The zero-order valence-electron chi connectivity index (χ0n) is 12.6. The Hall–Kier alpha value is -0.450. The molecule has 2 aliphatic heterocycles. The van der Waals surface area contributed by atoms with Crippen LogP contribution in [-0.2, 0) is 9.53 Å². The van der Waals surface area contributed by atoms with E-state index in [2.05, 4.69) is 9.80 Å². The highest BCUT2D eigenvalue weighted by Gasteiger charge is 2.35. The van der Waals surface area contributed by atoms with Gasteiger partial charge in [-0.3, -0.25) is 9.80 Å². The minimum absolute atomic E-state index is 0.131. The lowest BCUT2D eigenvalue weighted by Crippen LogP contribution is -2.53. The molecule has 1 saturated carbocycles. The van der Waals surface area contributed by atoms with Crippen molar-refractivity contribution in [3.8, 4) is 0 Å². The van der Waals surface area contributed by atoms with E-state index in [1.165, 1.54) is 45.1 Å². The van der Waals surface area contributed by atoms with Crippen molar-refractivity contribution >= 4 is 6.29 Å². The van der Waals surface area contributed by atoms with Gasteiger partial charge in [0.05, 0.1) is 0 Å². The van der Waals surface area contributed by atoms with Crippen molar-refractivity contribution in [2.75, 3.05) is 45.9 Å². The van der Waals surface area contributed by atoms with Gasteiger partial charge in [0.2, 0.25) is 0 Å². The molecule has 2 heterocycles. The molecule has 0 atom stereocenters. The van der Waals surface area contributed by atoms with Gasteiger partial charge < -0.3 is 9.53 Å². The number of ether oxygens (including phenoxy) is 1. The van der Waals surface area contributed by atoms with Crippen molar-refractivity contribution in [3.63, 3.8) is 0 Å². The zero-order valence-corrected chi connectivity index (χ0v) is 12.6. The molecule has 0 aromatic heterocycles. The van der Waals surface area contributed by atoms with Crippen molar-refractivity contribution < 1.29 is 9.53 Å². The smallest absolute Gasteiger partial charge is 0.127 e. The molecule has 114 valence electrons. The van der Waals surface area contributed by atoms with Gasteiger partial charge in [-0.1, -0.05) is 12.8 Å². The van der Waals surface area contributed by atoms with Crippen LogP contribution in [0.1, 0.15) is 38.5 Å². The van der Waals surface area contributed by atoms with Crippen LogP contribution in [-0.4, -0.2) is 68.1 Å². The first-order chi connectivity index (χ1) is 9.81. The van der Waals surface area contributed by atoms with E-state index in [1.807, 2.05) is 0 Å². The highest BCUT2D eigenvalue weighted by Crippen LogP contribution is 2.30. The van der Waals surface area contributed by atoms with E-state index in [9.17, 15) is 4.79 Å². The Bertz CT molecular complexity index is 314. The molecule has 0 aromatic rings. The Balaban J connectivity index is 1.48. The lowest BCUT2D eigenvalue weighted by molar-refractivity contribution is -0.123. The van der Waals surface area contributed by atoms with Crippen molar-refractivity contribution in [2.24, 2.45) is 5.41 Å². The van der Waals surface area contributed by atoms with E-state index >= 15 is 0 Å². The molecule has 3 rings (SSSR count). The van der Waals surface area contributed by atoms with Gasteiger partial charge >= 0.3 is 0 Å². The maximum atomic E-state index is 11.5. The van der Waals surface area contributed by atoms with E-state index in [-0.39, 0.29) is 5.41 Å². The number of rotatable bonds is 4. The lowest BCUT2D eigenvalue weighted by Gasteiger charge is -2.42. The normalized spacial score (nSPS) is 29.6. The maximum Gasteiger partial charge on any atom is 0.127 e. The second kappa shape index (κ2) is 6.54. The molecule has 0 amide bonds. The number of carbonyl (C=O) groups is 1. The average Bonchev–Trinajstić information content (AvgIpc) is 3.03. The predicted molar refractivity (Wildman–Crippen MR) is 78.8 cm³/mol. The van der Waals surface area contributed by atoms with Gasteiger partial charge in [0.1, 0.15) is 6.29 Å². The van der Waals surface area contributed by atoms with Crippen molar-refractivity contribution in [2.45, 2.75) is 44.6 Å². The van der Waals surface area contributed by atoms with E-state index < -0.39 is 0 Å². The molecule has 4 nitrogen and oxygen atoms in total. The lowest BCUT2D eigenvalue weighted by atomic mass is 9.81. The first-order valence-electron chi connectivity index (χ1n) is 8.32. The molecule has 0 aromatic carbocycles. The van der Waals surface area contributed by atoms with Crippen LogP contribution < -0.4 is 0 Å². The Morgan fingerprint density at radius 2 is 1.70 bits per heavy atom. The van der Waals surface area contributed by atoms with Crippen LogP contribution >= 0.6 is 0 Å². The van der Waals surface area contributed by atoms with Crippen molar-refractivity contribution in [3.05, 3.63) is 0 Å². The van der Waals surface area contributed by atoms with Crippen LogP contribution in [0.3, 0.4) is 0 Å². The Kier molecular flexibility index (Phi) is 4.74. The van der Waals surface area contributed by atoms with E-state index in [4.69, 9.17) is 4.74 Å². The molecule has 0 radical (unpaired) electrons. The third-order valence-electron chi connectivity index (χ3n) is 5.53. The van der Waals surface area contributed by atoms with E-state index in [1.54, 1.807) is 0 Å². The summed E-state index contributed by atoms with van der Waals surface area (Å²) < 4.78 is 5.41. The molecule has 2 saturated heterocycles. The second-order valence-corrected chi connectivity index (χ2v) is 6.84. The summed E-state index contributed by atoms with van der Waals surface area (Å²) in [5.74, 6) is 0. The van der Waals surface area contributed by atoms with Gasteiger partial charge in [-0.05, 0) is 25.7 Å². The number of carbonyl (C=O) groups excluding carboxylic acids is 1. The van der Waals surface area contributed by atoms with Crippen LogP contribution in [0.25, 0.3) is 0 Å². The van der Waals surface area contributed by atoms with Crippen LogP contribution in [0.2, 0.25) is 0 Å². The molecule has 4 heteroatoms. The number of nitrogens with zero attached hydrogens (tertiary/aromatic N) is 2. The summed E-state index contributed by atoms with van der Waals surface area (Å²) in [6.07, 6.45) is 8.64. The van der Waals surface area contributed by atoms with Gasteiger partial charge in [-0.15, -0.1) is 0 Å². The molecule has 0 unspecified atom stereocenters. The number of hydrogen-bond donors (Lipinski definition) is 0. The SMILES string of the molecule is O=CC1(CN2CCN(C3CCCC3)CC2)CCOCC1. The van der Waals surface area contributed by atoms with Crippen LogP contribution in [0, 0.1) is 5.41 Å². The van der Waals surface area contributed by atoms with Gasteiger partial charge in [0.25, 0.3) is 0 Å². The Labute approximate surface area is 122 Å². The molecule has 20 heavy (non-hydrogen) atoms. The summed E-state index contributed by atoms with van der Waals surface area (Å²) in [6.45, 7) is 7.09. The molecule has 0 spiro atoms. The molecule has 0 N–H and O–H groups in total. The van der Waals surface area contributed by atoms with Crippen molar-refractivity contribution in [1.29, 1.82) is 0 Å². The Morgan fingerprint density at radius 3 is 2.30 bits per heavy atom. The first kappa shape index (κ1) is 14.5.